The van der Waals surface area contributed by atoms with Crippen LogP contribution in [0.25, 0.3) is 0 Å². The highest BCUT2D eigenvalue weighted by Gasteiger charge is 2.48. The monoisotopic (exact) mass is 332 g/mol. The largest absolute Gasteiger partial charge is 0.481 e. The fourth-order valence-corrected chi connectivity index (χ4v) is 4.90. The van der Waals surface area contributed by atoms with Gasteiger partial charge in [-0.15, -0.1) is 0 Å². The number of ether oxygens (including phenoxy) is 1. The van der Waals surface area contributed by atoms with Gasteiger partial charge in [0.15, 0.2) is 0 Å². The molecule has 1 N–H and O–H groups in total. The summed E-state index contributed by atoms with van der Waals surface area (Å²) in [5.41, 5.74) is 2.98. The summed E-state index contributed by atoms with van der Waals surface area (Å²) < 4.78 is 5.02. The van der Waals surface area contributed by atoms with Crippen LogP contribution in [0.4, 0.5) is 0 Å². The van der Waals surface area contributed by atoms with Crippen molar-refractivity contribution in [3.63, 3.8) is 0 Å². The van der Waals surface area contributed by atoms with Gasteiger partial charge >= 0.3 is 11.9 Å². The van der Waals surface area contributed by atoms with Gasteiger partial charge in [0.25, 0.3) is 0 Å². The summed E-state index contributed by atoms with van der Waals surface area (Å²) in [7, 11) is 0. The van der Waals surface area contributed by atoms with E-state index in [1.54, 1.807) is 6.08 Å². The Morgan fingerprint density at radius 2 is 2.08 bits per heavy atom. The first-order chi connectivity index (χ1) is 11.3. The van der Waals surface area contributed by atoms with E-state index in [0.29, 0.717) is 12.5 Å². The van der Waals surface area contributed by atoms with E-state index in [0.717, 1.165) is 50.5 Å². The van der Waals surface area contributed by atoms with Gasteiger partial charge in [0, 0.05) is 6.08 Å². The molecule has 0 aromatic heterocycles. The predicted octanol–water partition coefficient (Wildman–Crippen LogP) is 4.26. The maximum Gasteiger partial charge on any atom is 0.331 e. The molecule has 24 heavy (non-hydrogen) atoms. The molecule has 3 aliphatic rings. The van der Waals surface area contributed by atoms with Crippen molar-refractivity contribution >= 4 is 11.9 Å². The molecule has 0 saturated heterocycles. The van der Waals surface area contributed by atoms with E-state index >= 15 is 0 Å². The SMILES string of the molecule is CC1CCC2=C(CCCC2(C)C(=O)O)C1(C)CCC1=CC(=O)OC1. The van der Waals surface area contributed by atoms with Gasteiger partial charge in [-0.25, -0.2) is 4.79 Å². The zero-order chi connectivity index (χ0) is 17.5. The number of carbonyl (C=O) groups is 2. The second-order valence-corrected chi connectivity index (χ2v) is 8.22. The third-order valence-electron chi connectivity index (χ3n) is 6.90. The highest BCUT2D eigenvalue weighted by atomic mass is 16.5. The molecular weight excluding hydrogens is 304 g/mol. The fourth-order valence-electron chi connectivity index (χ4n) is 4.90. The Morgan fingerprint density at radius 3 is 2.71 bits per heavy atom. The standard InChI is InChI=1S/C20H28O4/c1-13-6-7-16-15(5-4-9-20(16,3)18(22)23)19(13,2)10-8-14-11-17(21)24-12-14/h11,13H,4-10,12H2,1-3H3,(H,22,23). The molecule has 3 atom stereocenters. The highest BCUT2D eigenvalue weighted by Crippen LogP contribution is 2.57. The molecule has 0 fully saturated rings. The van der Waals surface area contributed by atoms with Gasteiger partial charge in [0.05, 0.1) is 5.41 Å². The minimum absolute atomic E-state index is 0.0250. The van der Waals surface area contributed by atoms with Crippen molar-refractivity contribution in [2.75, 3.05) is 6.61 Å². The van der Waals surface area contributed by atoms with Crippen molar-refractivity contribution in [3.05, 3.63) is 22.8 Å². The van der Waals surface area contributed by atoms with E-state index in [4.69, 9.17) is 4.74 Å². The number of allylic oxidation sites excluding steroid dienone is 1. The molecule has 3 rings (SSSR count). The summed E-state index contributed by atoms with van der Waals surface area (Å²) in [5, 5.41) is 9.81. The lowest BCUT2D eigenvalue weighted by Gasteiger charge is -2.49. The van der Waals surface area contributed by atoms with E-state index in [2.05, 4.69) is 13.8 Å². The van der Waals surface area contributed by atoms with Crippen LogP contribution in [0.2, 0.25) is 0 Å². The minimum atomic E-state index is -0.694. The number of cyclic esters (lactones) is 1. The number of carbonyl (C=O) groups excluding carboxylic acids is 1. The van der Waals surface area contributed by atoms with Crippen LogP contribution in [-0.2, 0) is 14.3 Å². The van der Waals surface area contributed by atoms with Gasteiger partial charge in [-0.2, -0.15) is 0 Å². The number of aliphatic carboxylic acids is 1. The number of esters is 1. The van der Waals surface area contributed by atoms with Crippen LogP contribution in [0.5, 0.6) is 0 Å². The first-order valence-electron chi connectivity index (χ1n) is 9.10. The topological polar surface area (TPSA) is 63.6 Å². The third-order valence-corrected chi connectivity index (χ3v) is 6.90. The fraction of sp³-hybridized carbons (Fsp3) is 0.700. The maximum absolute atomic E-state index is 11.9. The average molecular weight is 332 g/mol. The van der Waals surface area contributed by atoms with Gasteiger partial charge in [-0.05, 0) is 68.8 Å². The van der Waals surface area contributed by atoms with E-state index < -0.39 is 11.4 Å². The predicted molar refractivity (Wildman–Crippen MR) is 91.4 cm³/mol. The van der Waals surface area contributed by atoms with Crippen LogP contribution in [-0.4, -0.2) is 23.7 Å². The molecule has 0 aromatic rings. The van der Waals surface area contributed by atoms with Gasteiger partial charge in [0.1, 0.15) is 6.61 Å². The van der Waals surface area contributed by atoms with E-state index in [1.807, 2.05) is 6.92 Å². The van der Waals surface area contributed by atoms with Gasteiger partial charge in [-0.1, -0.05) is 25.0 Å². The van der Waals surface area contributed by atoms with Crippen LogP contribution in [0.1, 0.15) is 65.7 Å². The molecule has 4 heteroatoms. The normalized spacial score (nSPS) is 36.2. The Balaban J connectivity index is 1.91. The molecule has 132 valence electrons. The number of hydrogen-bond acceptors (Lipinski definition) is 3. The Morgan fingerprint density at radius 1 is 1.33 bits per heavy atom. The zero-order valence-corrected chi connectivity index (χ0v) is 15.0. The summed E-state index contributed by atoms with van der Waals surface area (Å²) >= 11 is 0. The van der Waals surface area contributed by atoms with Crippen LogP contribution in [0.3, 0.4) is 0 Å². The molecule has 0 aromatic carbocycles. The summed E-state index contributed by atoms with van der Waals surface area (Å²) in [6, 6.07) is 0. The number of rotatable bonds is 4. The van der Waals surface area contributed by atoms with Crippen molar-refractivity contribution in [3.8, 4) is 0 Å². The summed E-state index contributed by atoms with van der Waals surface area (Å²) in [6.07, 6.45) is 8.12. The van der Waals surface area contributed by atoms with E-state index in [9.17, 15) is 14.7 Å². The molecule has 0 saturated carbocycles. The number of carboxylic acids is 1. The Labute approximate surface area is 144 Å². The lowest BCUT2D eigenvalue weighted by atomic mass is 9.55. The molecule has 1 heterocycles. The Kier molecular flexibility index (Phi) is 4.35. The van der Waals surface area contributed by atoms with Crippen molar-refractivity contribution in [2.45, 2.75) is 65.7 Å². The van der Waals surface area contributed by atoms with Gasteiger partial charge in [0.2, 0.25) is 0 Å². The molecule has 0 amide bonds. The van der Waals surface area contributed by atoms with Crippen molar-refractivity contribution in [1.82, 2.24) is 0 Å². The number of hydrogen-bond donors (Lipinski definition) is 1. The first-order valence-corrected chi connectivity index (χ1v) is 9.10. The summed E-state index contributed by atoms with van der Waals surface area (Å²) in [4.78, 5) is 23.2. The lowest BCUT2D eigenvalue weighted by Crippen LogP contribution is -2.41. The molecular formula is C20H28O4. The summed E-state index contributed by atoms with van der Waals surface area (Å²) in [6.45, 7) is 6.92. The van der Waals surface area contributed by atoms with E-state index in [-0.39, 0.29) is 11.4 Å². The molecule has 0 bridgehead atoms. The molecule has 0 spiro atoms. The average Bonchev–Trinajstić information content (AvgIpc) is 2.95. The molecule has 1 aliphatic heterocycles. The smallest absolute Gasteiger partial charge is 0.331 e. The van der Waals surface area contributed by atoms with Crippen LogP contribution in [0, 0.1) is 16.7 Å². The quantitative estimate of drug-likeness (QED) is 0.617. The highest BCUT2D eigenvalue weighted by molar-refractivity contribution is 5.85. The van der Waals surface area contributed by atoms with Crippen LogP contribution < -0.4 is 0 Å². The molecule has 0 radical (unpaired) electrons. The third kappa shape index (κ3) is 2.70. The maximum atomic E-state index is 11.9. The molecule has 3 unspecified atom stereocenters. The van der Waals surface area contributed by atoms with Gasteiger partial charge in [-0.3, -0.25) is 4.79 Å². The second kappa shape index (κ2) is 6.05. The summed E-state index contributed by atoms with van der Waals surface area (Å²) in [5.74, 6) is -0.377. The van der Waals surface area contributed by atoms with Crippen LogP contribution >= 0.6 is 0 Å². The molecule has 4 nitrogen and oxygen atoms in total. The van der Waals surface area contributed by atoms with Gasteiger partial charge < -0.3 is 9.84 Å². The van der Waals surface area contributed by atoms with Crippen molar-refractivity contribution < 1.29 is 19.4 Å². The lowest BCUT2D eigenvalue weighted by molar-refractivity contribution is -0.146. The Hall–Kier alpha value is -1.58. The van der Waals surface area contributed by atoms with Crippen molar-refractivity contribution in [2.24, 2.45) is 16.7 Å². The first kappa shape index (κ1) is 17.2. The second-order valence-electron chi connectivity index (χ2n) is 8.22. The number of carboxylic acid groups (broad SMARTS) is 1. The van der Waals surface area contributed by atoms with Crippen LogP contribution in [0.15, 0.2) is 22.8 Å². The van der Waals surface area contributed by atoms with Crippen molar-refractivity contribution in [1.29, 1.82) is 0 Å². The minimum Gasteiger partial charge on any atom is -0.481 e. The zero-order valence-electron chi connectivity index (χ0n) is 15.0. The Bertz CT molecular complexity index is 630. The van der Waals surface area contributed by atoms with E-state index in [1.165, 1.54) is 11.1 Å². The molecule has 2 aliphatic carbocycles.